The highest BCUT2D eigenvalue weighted by molar-refractivity contribution is 6.74. The third-order valence-electron chi connectivity index (χ3n) is 4.20. The molecule has 4 nitrogen and oxygen atoms in total. The molecule has 0 radical (unpaired) electrons. The van der Waals surface area contributed by atoms with Crippen LogP contribution in [0.5, 0.6) is 0 Å². The Bertz CT molecular complexity index is 362. The van der Waals surface area contributed by atoms with E-state index in [9.17, 15) is 4.79 Å². The van der Waals surface area contributed by atoms with Crippen LogP contribution in [0.2, 0.25) is 18.1 Å². The van der Waals surface area contributed by atoms with Crippen LogP contribution in [0.4, 0.5) is 0 Å². The van der Waals surface area contributed by atoms with Gasteiger partial charge in [-0.15, -0.1) is 12.4 Å². The smallest absolute Gasteiger partial charge is 0.240 e. The molecule has 6 heteroatoms. The van der Waals surface area contributed by atoms with Crippen LogP contribution in [0.3, 0.4) is 0 Å². The van der Waals surface area contributed by atoms with Crippen molar-refractivity contribution in [1.29, 1.82) is 0 Å². The third-order valence-corrected chi connectivity index (χ3v) is 8.70. The Morgan fingerprint density at radius 3 is 2.14 bits per heavy atom. The molecule has 1 fully saturated rings. The number of halogens is 1. The summed E-state index contributed by atoms with van der Waals surface area (Å²) in [5.74, 6) is 0.0544. The molecule has 0 aliphatic carbocycles. The van der Waals surface area contributed by atoms with E-state index in [1.165, 1.54) is 0 Å². The van der Waals surface area contributed by atoms with Gasteiger partial charge in [-0.3, -0.25) is 4.79 Å². The second kappa shape index (κ2) is 6.98. The lowest BCUT2D eigenvalue weighted by Gasteiger charge is -2.39. The van der Waals surface area contributed by atoms with Gasteiger partial charge in [0.15, 0.2) is 8.32 Å². The zero-order valence-electron chi connectivity index (χ0n) is 14.8. The van der Waals surface area contributed by atoms with Crippen molar-refractivity contribution in [2.75, 3.05) is 6.54 Å². The minimum atomic E-state index is -1.84. The molecular weight excluding hydrogens is 304 g/mol. The average Bonchev–Trinajstić information content (AvgIpc) is 2.60. The summed E-state index contributed by atoms with van der Waals surface area (Å²) >= 11 is 0. The molecule has 1 aliphatic rings. The van der Waals surface area contributed by atoms with Crippen LogP contribution in [0.1, 0.15) is 48.0 Å². The zero-order valence-corrected chi connectivity index (χ0v) is 16.6. The number of amides is 1. The maximum Gasteiger partial charge on any atom is 0.240 e. The maximum absolute atomic E-state index is 12.4. The summed E-state index contributed by atoms with van der Waals surface area (Å²) < 4.78 is 6.43. The minimum absolute atomic E-state index is 0. The predicted molar refractivity (Wildman–Crippen MR) is 93.6 cm³/mol. The van der Waals surface area contributed by atoms with E-state index in [0.717, 1.165) is 13.0 Å². The highest BCUT2D eigenvalue weighted by Crippen LogP contribution is 2.38. The van der Waals surface area contributed by atoms with Crippen LogP contribution in [-0.2, 0) is 9.22 Å². The fourth-order valence-corrected chi connectivity index (χ4v) is 3.43. The first-order chi connectivity index (χ1) is 8.83. The molecule has 21 heavy (non-hydrogen) atoms. The van der Waals surface area contributed by atoms with Crippen molar-refractivity contribution in [2.45, 2.75) is 83.8 Å². The van der Waals surface area contributed by atoms with Crippen molar-refractivity contribution in [3.05, 3.63) is 0 Å². The molecule has 126 valence electrons. The summed E-state index contributed by atoms with van der Waals surface area (Å²) in [5.41, 5.74) is -0.205. The van der Waals surface area contributed by atoms with Crippen molar-refractivity contribution < 1.29 is 9.22 Å². The highest BCUT2D eigenvalue weighted by Gasteiger charge is 2.43. The van der Waals surface area contributed by atoms with Crippen LogP contribution in [-0.4, -0.2) is 38.5 Å². The number of hydrogen-bond acceptors (Lipinski definition) is 3. The Labute approximate surface area is 137 Å². The first-order valence-electron chi connectivity index (χ1n) is 7.57. The van der Waals surface area contributed by atoms with E-state index < -0.39 is 8.32 Å². The first kappa shape index (κ1) is 20.9. The van der Waals surface area contributed by atoms with Crippen molar-refractivity contribution in [3.63, 3.8) is 0 Å². The largest absolute Gasteiger partial charge is 0.412 e. The second-order valence-electron chi connectivity index (χ2n) is 8.38. The molecule has 1 unspecified atom stereocenters. The number of rotatable bonds is 3. The molecule has 1 saturated heterocycles. The van der Waals surface area contributed by atoms with E-state index in [-0.39, 0.29) is 41.0 Å². The lowest BCUT2D eigenvalue weighted by Crippen LogP contribution is -2.55. The molecular formula is C15H33ClN2O2Si. The van der Waals surface area contributed by atoms with E-state index in [1.54, 1.807) is 0 Å². The Kier molecular flexibility index (Phi) is 6.95. The topological polar surface area (TPSA) is 50.4 Å². The zero-order chi connectivity index (χ0) is 15.8. The van der Waals surface area contributed by atoms with Crippen LogP contribution >= 0.6 is 12.4 Å². The molecule has 0 spiro atoms. The summed E-state index contributed by atoms with van der Waals surface area (Å²) in [7, 11) is -1.84. The van der Waals surface area contributed by atoms with E-state index in [4.69, 9.17) is 4.43 Å². The quantitative estimate of drug-likeness (QED) is 0.779. The second-order valence-corrected chi connectivity index (χ2v) is 13.1. The van der Waals surface area contributed by atoms with Gasteiger partial charge in [0, 0.05) is 5.54 Å². The van der Waals surface area contributed by atoms with Crippen molar-refractivity contribution in [1.82, 2.24) is 10.6 Å². The standard InChI is InChI=1S/C15H32N2O2Si.ClH/c1-14(2,3)17-13(18)12-11(9-10-16-12)19-20(7,8)15(4,5)6;/h11-12,16H,9-10H2,1-8H3,(H,17,18);1H/t11?,12-;/m0./s1. The SMILES string of the molecule is CC(C)(C)NC(=O)[C@H]1NCCC1O[Si](C)(C)C(C)(C)C.Cl. The fourth-order valence-electron chi connectivity index (χ4n) is 2.07. The summed E-state index contributed by atoms with van der Waals surface area (Å²) in [5, 5.41) is 6.51. The molecule has 1 heterocycles. The monoisotopic (exact) mass is 336 g/mol. The van der Waals surface area contributed by atoms with Crippen molar-refractivity contribution in [2.24, 2.45) is 0 Å². The summed E-state index contributed by atoms with van der Waals surface area (Å²) in [6.07, 6.45) is 0.910. The van der Waals surface area contributed by atoms with Gasteiger partial charge >= 0.3 is 0 Å². The number of carbonyl (C=O) groups excluding carboxylic acids is 1. The van der Waals surface area contributed by atoms with E-state index in [1.807, 2.05) is 20.8 Å². The molecule has 2 N–H and O–H groups in total. The van der Waals surface area contributed by atoms with Crippen molar-refractivity contribution >= 4 is 26.6 Å². The van der Waals surface area contributed by atoms with E-state index >= 15 is 0 Å². The van der Waals surface area contributed by atoms with Gasteiger partial charge in [0.2, 0.25) is 5.91 Å². The average molecular weight is 337 g/mol. The molecule has 0 aromatic carbocycles. The molecule has 1 amide bonds. The molecule has 1 aliphatic heterocycles. The molecule has 0 saturated carbocycles. The minimum Gasteiger partial charge on any atom is -0.412 e. The molecule has 1 rings (SSSR count). The van der Waals surface area contributed by atoms with Crippen molar-refractivity contribution in [3.8, 4) is 0 Å². The van der Waals surface area contributed by atoms with Gasteiger partial charge in [-0.2, -0.15) is 0 Å². The van der Waals surface area contributed by atoms with Gasteiger partial charge in [0.1, 0.15) is 6.04 Å². The van der Waals surface area contributed by atoms with E-state index in [0.29, 0.717) is 0 Å². The Morgan fingerprint density at radius 2 is 1.71 bits per heavy atom. The Hall–Kier alpha value is -0.103. The molecule has 0 aromatic rings. The summed E-state index contributed by atoms with van der Waals surface area (Å²) in [4.78, 5) is 12.4. The predicted octanol–water partition coefficient (Wildman–Crippen LogP) is 3.08. The normalized spacial score (nSPS) is 23.6. The summed E-state index contributed by atoms with van der Waals surface area (Å²) in [6, 6.07) is -0.219. The molecule has 0 aromatic heterocycles. The van der Waals surface area contributed by atoms with Gasteiger partial charge in [-0.25, -0.2) is 0 Å². The maximum atomic E-state index is 12.4. The fraction of sp³-hybridized carbons (Fsp3) is 0.933. The number of nitrogens with one attached hydrogen (secondary N) is 2. The molecule has 2 atom stereocenters. The molecule has 0 bridgehead atoms. The van der Waals surface area contributed by atoms with E-state index in [2.05, 4.69) is 44.5 Å². The van der Waals surface area contributed by atoms with Crippen LogP contribution in [0.15, 0.2) is 0 Å². The lowest BCUT2D eigenvalue weighted by atomic mass is 10.1. The van der Waals surface area contributed by atoms with Gasteiger partial charge in [-0.05, 0) is 51.9 Å². The van der Waals surface area contributed by atoms with Gasteiger partial charge in [0.05, 0.1) is 6.10 Å². The Balaban J connectivity index is 0.00000400. The first-order valence-corrected chi connectivity index (χ1v) is 10.5. The number of carbonyl (C=O) groups is 1. The lowest BCUT2D eigenvalue weighted by molar-refractivity contribution is -0.126. The van der Waals surface area contributed by atoms with Gasteiger partial charge in [0.25, 0.3) is 0 Å². The van der Waals surface area contributed by atoms with Gasteiger partial charge in [-0.1, -0.05) is 20.8 Å². The van der Waals surface area contributed by atoms with Gasteiger partial charge < -0.3 is 15.1 Å². The Morgan fingerprint density at radius 1 is 1.19 bits per heavy atom. The highest BCUT2D eigenvalue weighted by atomic mass is 35.5. The number of hydrogen-bond donors (Lipinski definition) is 2. The van der Waals surface area contributed by atoms with Crippen LogP contribution in [0, 0.1) is 0 Å². The van der Waals surface area contributed by atoms with Crippen LogP contribution in [0.25, 0.3) is 0 Å². The van der Waals surface area contributed by atoms with Crippen LogP contribution < -0.4 is 10.6 Å². The third kappa shape index (κ3) is 5.89. The summed E-state index contributed by atoms with van der Waals surface area (Å²) in [6.45, 7) is 18.0.